The van der Waals surface area contributed by atoms with Crippen molar-refractivity contribution in [1.29, 1.82) is 0 Å². The summed E-state index contributed by atoms with van der Waals surface area (Å²) in [6, 6.07) is 0. The van der Waals surface area contributed by atoms with Crippen molar-refractivity contribution in [3.8, 4) is 0 Å². The molecule has 0 spiro atoms. The molecular weight excluding hydrogens is 191 g/mol. The Morgan fingerprint density at radius 2 is 2.00 bits per heavy atom. The van der Waals surface area contributed by atoms with Crippen molar-refractivity contribution in [3.63, 3.8) is 0 Å². The molecule has 0 aromatic rings. The van der Waals surface area contributed by atoms with Crippen LogP contribution in [0.2, 0.25) is 0 Å². The van der Waals surface area contributed by atoms with Gasteiger partial charge >= 0.3 is 6.18 Å². The summed E-state index contributed by atoms with van der Waals surface area (Å²) in [7, 11) is 0. The molecule has 66 valence electrons. The number of allylic oxidation sites excluding steroid dienone is 3. The maximum Gasteiger partial charge on any atom is 0.414 e. The lowest BCUT2D eigenvalue weighted by Gasteiger charge is -2.26. The summed E-state index contributed by atoms with van der Waals surface area (Å²) in [6.07, 6.45) is -2.89. The molecule has 1 rings (SSSR count). The molecule has 0 radical (unpaired) electrons. The van der Waals surface area contributed by atoms with E-state index >= 15 is 0 Å². The molecule has 1 aliphatic rings. The van der Waals surface area contributed by atoms with Gasteiger partial charge in [0.05, 0.1) is 0 Å². The Bertz CT molecular complexity index is 275. The van der Waals surface area contributed by atoms with Crippen LogP contribution in [0.15, 0.2) is 35.2 Å². The van der Waals surface area contributed by atoms with Gasteiger partial charge in [-0.3, -0.25) is 0 Å². The Balaban J connectivity index is 2.93. The monoisotopic (exact) mass is 194 g/mol. The molecule has 0 aromatic heterocycles. The van der Waals surface area contributed by atoms with E-state index in [4.69, 9.17) is 11.6 Å². The summed E-state index contributed by atoms with van der Waals surface area (Å²) in [5.41, 5.74) is -0.718. The van der Waals surface area contributed by atoms with Crippen LogP contribution in [0.3, 0.4) is 0 Å². The SMILES string of the molecule is C=C1[N-]C=C(C(F)(F)F)C=C1Cl. The largest absolute Gasteiger partial charge is 0.663 e. The lowest BCUT2D eigenvalue weighted by atomic mass is 10.2. The number of halogens is 4. The van der Waals surface area contributed by atoms with E-state index in [0.717, 1.165) is 6.08 Å². The van der Waals surface area contributed by atoms with Gasteiger partial charge in [0.2, 0.25) is 0 Å². The van der Waals surface area contributed by atoms with E-state index in [0.29, 0.717) is 6.20 Å². The third kappa shape index (κ3) is 1.82. The Morgan fingerprint density at radius 1 is 1.42 bits per heavy atom. The van der Waals surface area contributed by atoms with Gasteiger partial charge in [-0.25, -0.2) is 0 Å². The fraction of sp³-hybridized carbons (Fsp3) is 0.143. The summed E-state index contributed by atoms with van der Waals surface area (Å²) in [6.45, 7) is 3.33. The highest BCUT2D eigenvalue weighted by molar-refractivity contribution is 6.32. The third-order valence-electron chi connectivity index (χ3n) is 1.24. The standard InChI is InChI=1S/C7H4ClF3N/c1-4-6(8)2-5(3-12-4)7(9,10)11/h2-3H,1H2/q-1. The molecule has 1 aliphatic heterocycles. The molecule has 1 heterocycles. The lowest BCUT2D eigenvalue weighted by molar-refractivity contribution is -0.0883. The first-order valence-electron chi connectivity index (χ1n) is 2.96. The average molecular weight is 195 g/mol. The quantitative estimate of drug-likeness (QED) is 0.561. The first-order valence-corrected chi connectivity index (χ1v) is 3.34. The molecule has 0 fully saturated rings. The second kappa shape index (κ2) is 2.86. The highest BCUT2D eigenvalue weighted by atomic mass is 35.5. The topological polar surface area (TPSA) is 14.1 Å². The molecule has 12 heavy (non-hydrogen) atoms. The first kappa shape index (κ1) is 9.19. The average Bonchev–Trinajstić information content (AvgIpc) is 1.92. The molecule has 0 N–H and O–H groups in total. The molecule has 0 aliphatic carbocycles. The zero-order valence-electron chi connectivity index (χ0n) is 5.82. The lowest BCUT2D eigenvalue weighted by Crippen LogP contribution is -2.11. The molecule has 0 saturated carbocycles. The fourth-order valence-electron chi connectivity index (χ4n) is 0.621. The van der Waals surface area contributed by atoms with Crippen LogP contribution in [0, 0.1) is 0 Å². The van der Waals surface area contributed by atoms with Crippen LogP contribution in [-0.4, -0.2) is 6.18 Å². The number of nitrogens with zero attached hydrogens (tertiary/aromatic N) is 1. The van der Waals surface area contributed by atoms with Crippen LogP contribution in [-0.2, 0) is 0 Å². The molecule has 0 atom stereocenters. The van der Waals surface area contributed by atoms with E-state index in [1.165, 1.54) is 0 Å². The van der Waals surface area contributed by atoms with Crippen molar-refractivity contribution in [2.45, 2.75) is 6.18 Å². The van der Waals surface area contributed by atoms with Gasteiger partial charge in [-0.1, -0.05) is 11.6 Å². The number of alkyl halides is 3. The molecule has 0 aromatic carbocycles. The van der Waals surface area contributed by atoms with Gasteiger partial charge < -0.3 is 5.32 Å². The van der Waals surface area contributed by atoms with E-state index in [9.17, 15) is 13.2 Å². The minimum absolute atomic E-state index is 0.0789. The van der Waals surface area contributed by atoms with Crippen molar-refractivity contribution in [2.24, 2.45) is 0 Å². The van der Waals surface area contributed by atoms with Crippen molar-refractivity contribution >= 4 is 11.6 Å². The van der Waals surface area contributed by atoms with Gasteiger partial charge in [0.15, 0.2) is 0 Å². The summed E-state index contributed by atoms with van der Waals surface area (Å²) in [5.74, 6) is 0. The number of rotatable bonds is 0. The maximum absolute atomic E-state index is 12.0. The van der Waals surface area contributed by atoms with Gasteiger partial charge in [-0.05, 0) is 6.08 Å². The van der Waals surface area contributed by atoms with E-state index < -0.39 is 11.7 Å². The second-order valence-corrected chi connectivity index (χ2v) is 2.56. The van der Waals surface area contributed by atoms with E-state index in [-0.39, 0.29) is 10.7 Å². The van der Waals surface area contributed by atoms with Crippen molar-refractivity contribution in [3.05, 3.63) is 40.5 Å². The van der Waals surface area contributed by atoms with Crippen molar-refractivity contribution in [1.82, 2.24) is 0 Å². The van der Waals surface area contributed by atoms with Gasteiger partial charge in [0, 0.05) is 10.6 Å². The normalized spacial score (nSPS) is 18.2. The molecule has 0 unspecified atom stereocenters. The summed E-state index contributed by atoms with van der Waals surface area (Å²) >= 11 is 5.39. The molecule has 5 heteroatoms. The Labute approximate surface area is 72.2 Å². The van der Waals surface area contributed by atoms with Gasteiger partial charge in [0.25, 0.3) is 0 Å². The summed E-state index contributed by atoms with van der Waals surface area (Å²) in [4.78, 5) is 0. The Morgan fingerprint density at radius 3 is 2.42 bits per heavy atom. The minimum Gasteiger partial charge on any atom is -0.663 e. The van der Waals surface area contributed by atoms with Gasteiger partial charge in [0.1, 0.15) is 0 Å². The zero-order valence-corrected chi connectivity index (χ0v) is 6.58. The van der Waals surface area contributed by atoms with Crippen LogP contribution in [0.5, 0.6) is 0 Å². The van der Waals surface area contributed by atoms with E-state index in [1.54, 1.807) is 0 Å². The Kier molecular flexibility index (Phi) is 2.19. The number of hydrogen-bond donors (Lipinski definition) is 0. The highest BCUT2D eigenvalue weighted by Gasteiger charge is 2.31. The molecular formula is C7H4ClF3N-. The predicted molar refractivity (Wildman–Crippen MR) is 40.6 cm³/mol. The smallest absolute Gasteiger partial charge is 0.414 e. The Hall–Kier alpha value is -0.900. The third-order valence-corrected chi connectivity index (χ3v) is 1.57. The highest BCUT2D eigenvalue weighted by Crippen LogP contribution is 2.35. The molecule has 0 amide bonds. The minimum atomic E-state index is -4.40. The van der Waals surface area contributed by atoms with Crippen LogP contribution >= 0.6 is 11.6 Å². The first-order chi connectivity index (χ1) is 5.41. The second-order valence-electron chi connectivity index (χ2n) is 2.15. The van der Waals surface area contributed by atoms with Crippen molar-refractivity contribution < 1.29 is 13.2 Å². The van der Waals surface area contributed by atoms with E-state index in [1.807, 2.05) is 0 Å². The van der Waals surface area contributed by atoms with Gasteiger partial charge in [-0.15, -0.1) is 12.3 Å². The predicted octanol–water partition coefficient (Wildman–Crippen LogP) is 3.46. The molecule has 0 saturated heterocycles. The molecule has 0 bridgehead atoms. The molecule has 1 nitrogen and oxygen atoms in total. The van der Waals surface area contributed by atoms with Crippen LogP contribution in [0.25, 0.3) is 5.32 Å². The fourth-order valence-corrected chi connectivity index (χ4v) is 0.788. The van der Waals surface area contributed by atoms with Crippen LogP contribution < -0.4 is 0 Å². The zero-order chi connectivity index (χ0) is 9.35. The summed E-state index contributed by atoms with van der Waals surface area (Å²) in [5, 5.41) is 3.30. The van der Waals surface area contributed by atoms with Crippen molar-refractivity contribution in [2.75, 3.05) is 0 Å². The maximum atomic E-state index is 12.0. The van der Waals surface area contributed by atoms with Crippen LogP contribution in [0.1, 0.15) is 0 Å². The number of hydrogen-bond acceptors (Lipinski definition) is 0. The van der Waals surface area contributed by atoms with E-state index in [2.05, 4.69) is 11.9 Å². The van der Waals surface area contributed by atoms with Crippen LogP contribution in [0.4, 0.5) is 13.2 Å². The summed E-state index contributed by atoms with van der Waals surface area (Å²) < 4.78 is 35.9. The van der Waals surface area contributed by atoms with Gasteiger partial charge in [-0.2, -0.15) is 19.4 Å².